The normalized spacial score (nSPS) is 11.9. The summed E-state index contributed by atoms with van der Waals surface area (Å²) in [6.45, 7) is 2.12. The number of halogens is 2. The first kappa shape index (κ1) is 24.0. The van der Waals surface area contributed by atoms with Crippen molar-refractivity contribution in [3.05, 3.63) is 116 Å². The molecule has 0 fully saturated rings. The Bertz CT molecular complexity index is 1350. The standard InChI is InChI=1S/C27H25Cl2N3O2/c1-17-25(15-21-22(28)12-7-13-23(21)29)31-32(16-24(30)18-8-4-3-5-9-18)27(33)26(17)19-10-6-11-20(14-19)34-2/h3-14,24H,15-16,30H2,1-2H3. The second kappa shape index (κ2) is 10.4. The molecule has 5 nitrogen and oxygen atoms in total. The first-order valence-corrected chi connectivity index (χ1v) is 11.6. The molecule has 0 aliphatic heterocycles. The Hall–Kier alpha value is -3.12. The molecular weight excluding hydrogens is 469 g/mol. The van der Waals surface area contributed by atoms with Gasteiger partial charge < -0.3 is 10.5 Å². The second-order valence-corrected chi connectivity index (χ2v) is 8.87. The van der Waals surface area contributed by atoms with Gasteiger partial charge >= 0.3 is 0 Å². The number of hydrogen-bond donors (Lipinski definition) is 1. The highest BCUT2D eigenvalue weighted by Crippen LogP contribution is 2.30. The van der Waals surface area contributed by atoms with Crippen LogP contribution in [0.4, 0.5) is 0 Å². The molecule has 1 unspecified atom stereocenters. The number of benzene rings is 3. The van der Waals surface area contributed by atoms with Crippen molar-refractivity contribution in [1.82, 2.24) is 9.78 Å². The SMILES string of the molecule is COc1cccc(-c2c(C)c(Cc3c(Cl)cccc3Cl)nn(CC(N)c3ccccc3)c2=O)c1. The van der Waals surface area contributed by atoms with Gasteiger partial charge in [0.1, 0.15) is 5.75 Å². The van der Waals surface area contributed by atoms with E-state index in [4.69, 9.17) is 38.8 Å². The highest BCUT2D eigenvalue weighted by molar-refractivity contribution is 6.36. The fourth-order valence-corrected chi connectivity index (χ4v) is 4.50. The summed E-state index contributed by atoms with van der Waals surface area (Å²) < 4.78 is 6.83. The van der Waals surface area contributed by atoms with Gasteiger partial charge in [-0.05, 0) is 53.4 Å². The summed E-state index contributed by atoms with van der Waals surface area (Å²) >= 11 is 12.9. The summed E-state index contributed by atoms with van der Waals surface area (Å²) in [6, 6.07) is 22.1. The fourth-order valence-electron chi connectivity index (χ4n) is 3.97. The lowest BCUT2D eigenvalue weighted by molar-refractivity contribution is 0.415. The van der Waals surface area contributed by atoms with Gasteiger partial charge in [-0.3, -0.25) is 4.79 Å². The van der Waals surface area contributed by atoms with Gasteiger partial charge in [0.15, 0.2) is 0 Å². The zero-order valence-electron chi connectivity index (χ0n) is 19.0. The predicted molar refractivity (Wildman–Crippen MR) is 138 cm³/mol. The van der Waals surface area contributed by atoms with Crippen LogP contribution in [0.15, 0.2) is 77.6 Å². The van der Waals surface area contributed by atoms with Crippen LogP contribution < -0.4 is 16.0 Å². The summed E-state index contributed by atoms with van der Waals surface area (Å²) in [5, 5.41) is 5.82. The molecule has 0 amide bonds. The summed E-state index contributed by atoms with van der Waals surface area (Å²) in [5.41, 5.74) is 10.7. The second-order valence-electron chi connectivity index (χ2n) is 8.06. The minimum absolute atomic E-state index is 0.217. The zero-order valence-corrected chi connectivity index (χ0v) is 20.5. The molecule has 0 radical (unpaired) electrons. The summed E-state index contributed by atoms with van der Waals surface area (Å²) in [7, 11) is 1.60. The molecule has 1 aromatic heterocycles. The minimum Gasteiger partial charge on any atom is -0.497 e. The van der Waals surface area contributed by atoms with Crippen molar-refractivity contribution in [3.8, 4) is 16.9 Å². The van der Waals surface area contributed by atoms with E-state index in [1.54, 1.807) is 25.3 Å². The number of ether oxygens (including phenoxy) is 1. The largest absolute Gasteiger partial charge is 0.497 e. The molecule has 2 N–H and O–H groups in total. The number of nitrogens with two attached hydrogens (primary N) is 1. The van der Waals surface area contributed by atoms with E-state index in [1.165, 1.54) is 4.68 Å². The van der Waals surface area contributed by atoms with Crippen LogP contribution in [0.25, 0.3) is 11.1 Å². The van der Waals surface area contributed by atoms with E-state index in [9.17, 15) is 4.79 Å². The van der Waals surface area contributed by atoms with Crippen LogP contribution in [-0.4, -0.2) is 16.9 Å². The number of hydrogen-bond acceptors (Lipinski definition) is 4. The molecule has 0 aliphatic carbocycles. The molecule has 0 saturated carbocycles. The summed E-state index contributed by atoms with van der Waals surface area (Å²) in [4.78, 5) is 13.6. The van der Waals surface area contributed by atoms with Crippen LogP contribution in [0.2, 0.25) is 10.0 Å². The molecule has 0 saturated heterocycles. The van der Waals surface area contributed by atoms with Gasteiger partial charge in [-0.25, -0.2) is 4.68 Å². The zero-order chi connectivity index (χ0) is 24.2. The molecule has 1 heterocycles. The maximum absolute atomic E-state index is 13.6. The van der Waals surface area contributed by atoms with Crippen molar-refractivity contribution in [2.75, 3.05) is 7.11 Å². The highest BCUT2D eigenvalue weighted by atomic mass is 35.5. The third-order valence-corrected chi connectivity index (χ3v) is 6.57. The fraction of sp³-hybridized carbons (Fsp3) is 0.185. The van der Waals surface area contributed by atoms with E-state index in [1.807, 2.05) is 61.5 Å². The Morgan fingerprint density at radius 2 is 1.68 bits per heavy atom. The minimum atomic E-state index is -0.399. The van der Waals surface area contributed by atoms with E-state index >= 15 is 0 Å². The molecule has 4 rings (SSSR count). The highest BCUT2D eigenvalue weighted by Gasteiger charge is 2.20. The van der Waals surface area contributed by atoms with Crippen LogP contribution in [0.1, 0.15) is 28.4 Å². The first-order valence-electron chi connectivity index (χ1n) is 10.9. The molecule has 7 heteroatoms. The molecule has 174 valence electrons. The molecule has 34 heavy (non-hydrogen) atoms. The predicted octanol–water partition coefficient (Wildman–Crippen LogP) is 5.82. The lowest BCUT2D eigenvalue weighted by Crippen LogP contribution is -2.31. The van der Waals surface area contributed by atoms with Gasteiger partial charge in [0.05, 0.1) is 24.9 Å². The van der Waals surface area contributed by atoms with Crippen molar-refractivity contribution >= 4 is 23.2 Å². The molecule has 0 aliphatic rings. The molecule has 0 bridgehead atoms. The smallest absolute Gasteiger partial charge is 0.274 e. The van der Waals surface area contributed by atoms with E-state index in [-0.39, 0.29) is 12.1 Å². The first-order chi connectivity index (χ1) is 16.4. The Morgan fingerprint density at radius 3 is 2.35 bits per heavy atom. The summed E-state index contributed by atoms with van der Waals surface area (Å²) in [5.74, 6) is 0.663. The van der Waals surface area contributed by atoms with Crippen molar-refractivity contribution in [3.63, 3.8) is 0 Å². The van der Waals surface area contributed by atoms with Crippen LogP contribution >= 0.6 is 23.2 Å². The lowest BCUT2D eigenvalue weighted by Gasteiger charge is -2.18. The van der Waals surface area contributed by atoms with Gasteiger partial charge in [-0.1, -0.05) is 71.7 Å². The molecule has 0 spiro atoms. The van der Waals surface area contributed by atoms with E-state index in [2.05, 4.69) is 0 Å². The van der Waals surface area contributed by atoms with E-state index in [0.717, 1.165) is 22.3 Å². The van der Waals surface area contributed by atoms with Gasteiger partial charge in [-0.2, -0.15) is 5.10 Å². The van der Waals surface area contributed by atoms with Gasteiger partial charge in [-0.15, -0.1) is 0 Å². The molecule has 3 aromatic carbocycles. The third-order valence-electron chi connectivity index (χ3n) is 5.86. The Kier molecular flexibility index (Phi) is 7.37. The Morgan fingerprint density at radius 1 is 1.00 bits per heavy atom. The van der Waals surface area contributed by atoms with Gasteiger partial charge in [0.25, 0.3) is 5.56 Å². The topological polar surface area (TPSA) is 70.1 Å². The van der Waals surface area contributed by atoms with Gasteiger partial charge in [0.2, 0.25) is 0 Å². The summed E-state index contributed by atoms with van der Waals surface area (Å²) in [6.07, 6.45) is 0.377. The van der Waals surface area contributed by atoms with Gasteiger partial charge in [0, 0.05) is 22.5 Å². The average Bonchev–Trinajstić information content (AvgIpc) is 2.85. The average molecular weight is 494 g/mol. The maximum Gasteiger partial charge on any atom is 0.274 e. The molecule has 1 atom stereocenters. The monoisotopic (exact) mass is 493 g/mol. The number of methoxy groups -OCH3 is 1. The molecule has 4 aromatic rings. The lowest BCUT2D eigenvalue weighted by atomic mass is 9.98. The number of aromatic nitrogens is 2. The van der Waals surface area contributed by atoms with Crippen molar-refractivity contribution in [2.45, 2.75) is 25.9 Å². The van der Waals surface area contributed by atoms with E-state index < -0.39 is 6.04 Å². The number of rotatable bonds is 7. The Balaban J connectivity index is 1.87. The molecular formula is C27H25Cl2N3O2. The maximum atomic E-state index is 13.6. The van der Waals surface area contributed by atoms with Crippen LogP contribution in [0.3, 0.4) is 0 Å². The Labute approximate surface area is 208 Å². The van der Waals surface area contributed by atoms with Crippen molar-refractivity contribution < 1.29 is 4.74 Å². The van der Waals surface area contributed by atoms with Crippen LogP contribution in [0.5, 0.6) is 5.75 Å². The number of nitrogens with zero attached hydrogens (tertiary/aromatic N) is 2. The third kappa shape index (κ3) is 5.02. The quantitative estimate of drug-likeness (QED) is 0.351. The van der Waals surface area contributed by atoms with E-state index in [0.29, 0.717) is 33.5 Å². The van der Waals surface area contributed by atoms with Crippen molar-refractivity contribution in [2.24, 2.45) is 5.73 Å². The van der Waals surface area contributed by atoms with Crippen molar-refractivity contribution in [1.29, 1.82) is 0 Å². The van der Waals surface area contributed by atoms with Crippen LogP contribution in [-0.2, 0) is 13.0 Å². The van der Waals surface area contributed by atoms with Crippen LogP contribution in [0, 0.1) is 6.92 Å².